The minimum Gasteiger partial charge on any atom is -0.464 e. The number of thioether (sulfide) groups is 1. The lowest BCUT2D eigenvalue weighted by Crippen LogP contribution is -2.34. The fourth-order valence-electron chi connectivity index (χ4n) is 4.41. The topological polar surface area (TPSA) is 92.8 Å². The first-order valence-corrected chi connectivity index (χ1v) is 13.3. The maximum Gasteiger partial charge on any atom is 0.260 e. The molecule has 1 aliphatic carbocycles. The van der Waals surface area contributed by atoms with Crippen molar-refractivity contribution in [3.8, 4) is 11.3 Å². The molecule has 0 aromatic carbocycles. The molecule has 33 heavy (non-hydrogen) atoms. The second-order valence-electron chi connectivity index (χ2n) is 9.07. The smallest absolute Gasteiger partial charge is 0.260 e. The Labute approximate surface area is 199 Å². The van der Waals surface area contributed by atoms with Crippen LogP contribution in [0, 0.1) is 5.92 Å². The van der Waals surface area contributed by atoms with Gasteiger partial charge >= 0.3 is 0 Å². The lowest BCUT2D eigenvalue weighted by molar-refractivity contribution is 0.429. The predicted octanol–water partition coefficient (Wildman–Crippen LogP) is 5.26. The van der Waals surface area contributed by atoms with Gasteiger partial charge in [0.05, 0.1) is 16.9 Å². The molecule has 0 spiro atoms. The predicted molar refractivity (Wildman–Crippen MR) is 131 cm³/mol. The average molecular weight is 483 g/mol. The molecule has 1 saturated heterocycles. The summed E-state index contributed by atoms with van der Waals surface area (Å²) < 4.78 is 7.81. The highest BCUT2D eigenvalue weighted by atomic mass is 32.2. The van der Waals surface area contributed by atoms with E-state index in [0.717, 1.165) is 40.5 Å². The third-order valence-electron chi connectivity index (χ3n) is 6.54. The van der Waals surface area contributed by atoms with Gasteiger partial charge in [-0.1, -0.05) is 18.7 Å². The fourth-order valence-corrected chi connectivity index (χ4v) is 6.32. The van der Waals surface area contributed by atoms with Crippen molar-refractivity contribution in [1.29, 1.82) is 0 Å². The van der Waals surface area contributed by atoms with E-state index < -0.39 is 0 Å². The summed E-state index contributed by atoms with van der Waals surface area (Å²) in [5.74, 6) is 3.11. The van der Waals surface area contributed by atoms with Crippen LogP contribution in [0.4, 0.5) is 5.95 Å². The Morgan fingerprint density at radius 1 is 1.24 bits per heavy atom. The van der Waals surface area contributed by atoms with Crippen molar-refractivity contribution in [2.24, 2.45) is 5.92 Å². The number of furan rings is 1. The summed E-state index contributed by atoms with van der Waals surface area (Å²) in [5.41, 5.74) is 0.649. The van der Waals surface area contributed by atoms with Crippen molar-refractivity contribution < 1.29 is 4.42 Å². The van der Waals surface area contributed by atoms with Crippen LogP contribution in [0.25, 0.3) is 21.5 Å². The Hall–Kier alpha value is -2.59. The number of hydrogen-bond donors (Lipinski definition) is 1. The number of hydrogen-bond acceptors (Lipinski definition) is 8. The zero-order chi connectivity index (χ0) is 22.5. The molecular formula is C23H26N6O2S2. The van der Waals surface area contributed by atoms with Gasteiger partial charge in [-0.25, -0.2) is 4.98 Å². The maximum atomic E-state index is 13.0. The van der Waals surface area contributed by atoms with Gasteiger partial charge in [-0.05, 0) is 50.7 Å². The van der Waals surface area contributed by atoms with E-state index in [9.17, 15) is 4.79 Å². The third kappa shape index (κ3) is 3.89. The lowest BCUT2D eigenvalue weighted by atomic mass is 10.00. The molecule has 1 N–H and O–H groups in total. The highest BCUT2D eigenvalue weighted by Crippen LogP contribution is 2.44. The first kappa shape index (κ1) is 21.0. The van der Waals surface area contributed by atoms with E-state index in [1.165, 1.54) is 37.0 Å². The molecule has 2 fully saturated rings. The average Bonchev–Trinajstić information content (AvgIpc) is 3.18. The Morgan fingerprint density at radius 2 is 2.06 bits per heavy atom. The molecule has 1 aliphatic heterocycles. The van der Waals surface area contributed by atoms with Crippen molar-refractivity contribution in [3.05, 3.63) is 40.0 Å². The molecule has 1 atom stereocenters. The van der Waals surface area contributed by atoms with Crippen LogP contribution in [-0.2, 0) is 0 Å². The molecule has 4 aromatic rings. The standard InChI is InChI=1S/C23H26N6O2S2/c1-13-7-9-28(10-8-13)22-26-27-23(29(22)15-5-6-15)33-14(2)19-24-20(30)18-16(12-32-21(18)25-19)17-4-3-11-31-17/h3-4,11-15H,5-10H2,1-2H3,(H,24,25,30). The quantitative estimate of drug-likeness (QED) is 0.375. The number of piperidine rings is 1. The summed E-state index contributed by atoms with van der Waals surface area (Å²) in [4.78, 5) is 23.9. The number of aromatic nitrogens is 5. The Bertz CT molecular complexity index is 1330. The van der Waals surface area contributed by atoms with Crippen molar-refractivity contribution in [2.45, 2.75) is 56.0 Å². The van der Waals surface area contributed by atoms with Crippen LogP contribution in [0.15, 0.2) is 38.1 Å². The van der Waals surface area contributed by atoms with Crippen LogP contribution < -0.4 is 10.5 Å². The normalized spacial score (nSPS) is 18.3. The van der Waals surface area contributed by atoms with E-state index in [1.807, 2.05) is 17.5 Å². The first-order valence-electron chi connectivity index (χ1n) is 11.5. The first-order chi connectivity index (χ1) is 16.1. The minimum atomic E-state index is -0.137. The summed E-state index contributed by atoms with van der Waals surface area (Å²) in [5, 5.41) is 12.5. The van der Waals surface area contributed by atoms with Gasteiger partial charge in [-0.2, -0.15) is 0 Å². The zero-order valence-corrected chi connectivity index (χ0v) is 20.3. The van der Waals surface area contributed by atoms with Crippen molar-refractivity contribution in [1.82, 2.24) is 24.7 Å². The van der Waals surface area contributed by atoms with Crippen LogP contribution in [0.2, 0.25) is 0 Å². The van der Waals surface area contributed by atoms with Gasteiger partial charge in [0.1, 0.15) is 16.4 Å². The molecule has 0 amide bonds. The molecule has 0 bridgehead atoms. The highest BCUT2D eigenvalue weighted by molar-refractivity contribution is 7.99. The number of thiophene rings is 1. The van der Waals surface area contributed by atoms with Crippen molar-refractivity contribution in [2.75, 3.05) is 18.0 Å². The van der Waals surface area contributed by atoms with Gasteiger partial charge in [-0.3, -0.25) is 9.36 Å². The number of nitrogens with zero attached hydrogens (tertiary/aromatic N) is 5. The zero-order valence-electron chi connectivity index (χ0n) is 18.7. The Morgan fingerprint density at radius 3 is 2.79 bits per heavy atom. The van der Waals surface area contributed by atoms with E-state index in [2.05, 4.69) is 38.5 Å². The lowest BCUT2D eigenvalue weighted by Gasteiger charge is -2.31. The third-order valence-corrected chi connectivity index (χ3v) is 8.48. The molecule has 5 heterocycles. The van der Waals surface area contributed by atoms with Gasteiger partial charge in [0, 0.05) is 30.1 Å². The summed E-state index contributed by atoms with van der Waals surface area (Å²) >= 11 is 3.08. The number of aromatic amines is 1. The molecule has 2 aliphatic rings. The maximum absolute atomic E-state index is 13.0. The molecule has 6 rings (SSSR count). The number of anilines is 1. The van der Waals surface area contributed by atoms with Gasteiger partial charge in [0.15, 0.2) is 5.16 Å². The molecule has 1 saturated carbocycles. The number of rotatable bonds is 6. The summed E-state index contributed by atoms with van der Waals surface area (Å²) in [6, 6.07) is 4.16. The fraction of sp³-hybridized carbons (Fsp3) is 0.478. The SMILES string of the molecule is CC1CCN(c2nnc(SC(C)c3nc4scc(-c5ccco5)c4c(=O)[nH]3)n2C2CC2)CC1. The van der Waals surface area contributed by atoms with Gasteiger partial charge in [0.2, 0.25) is 5.95 Å². The monoisotopic (exact) mass is 482 g/mol. The van der Waals surface area contributed by atoms with Gasteiger partial charge in [0.25, 0.3) is 5.56 Å². The Kier molecular flexibility index (Phi) is 5.29. The van der Waals surface area contributed by atoms with E-state index in [4.69, 9.17) is 9.40 Å². The second-order valence-corrected chi connectivity index (χ2v) is 11.2. The van der Waals surface area contributed by atoms with E-state index in [0.29, 0.717) is 23.0 Å². The van der Waals surface area contributed by atoms with E-state index in [1.54, 1.807) is 18.0 Å². The number of fused-ring (bicyclic) bond motifs is 1. The summed E-state index contributed by atoms with van der Waals surface area (Å²) in [7, 11) is 0. The molecular weight excluding hydrogens is 456 g/mol. The largest absolute Gasteiger partial charge is 0.464 e. The van der Waals surface area contributed by atoms with Gasteiger partial charge < -0.3 is 14.3 Å². The van der Waals surface area contributed by atoms with Crippen LogP contribution in [0.5, 0.6) is 0 Å². The molecule has 1 unspecified atom stereocenters. The molecule has 8 nitrogen and oxygen atoms in total. The molecule has 172 valence electrons. The minimum absolute atomic E-state index is 0.0628. The Balaban J connectivity index is 1.29. The molecule has 10 heteroatoms. The van der Waals surface area contributed by atoms with Crippen molar-refractivity contribution in [3.63, 3.8) is 0 Å². The summed E-state index contributed by atoms with van der Waals surface area (Å²) in [6.45, 7) is 6.45. The van der Waals surface area contributed by atoms with Gasteiger partial charge in [-0.15, -0.1) is 21.5 Å². The second kappa shape index (κ2) is 8.32. The summed E-state index contributed by atoms with van der Waals surface area (Å²) in [6.07, 6.45) is 6.35. The number of H-pyrrole nitrogens is 1. The van der Waals surface area contributed by atoms with Crippen LogP contribution in [0.1, 0.15) is 56.6 Å². The van der Waals surface area contributed by atoms with Crippen LogP contribution in [-0.4, -0.2) is 37.8 Å². The molecule has 4 aromatic heterocycles. The molecule has 0 radical (unpaired) electrons. The van der Waals surface area contributed by atoms with E-state index in [-0.39, 0.29) is 10.8 Å². The van der Waals surface area contributed by atoms with Crippen LogP contribution >= 0.6 is 23.1 Å². The highest BCUT2D eigenvalue weighted by Gasteiger charge is 2.33. The van der Waals surface area contributed by atoms with Crippen molar-refractivity contribution >= 4 is 39.3 Å². The van der Waals surface area contributed by atoms with E-state index >= 15 is 0 Å². The number of nitrogens with one attached hydrogen (secondary N) is 1. The van der Waals surface area contributed by atoms with Crippen LogP contribution in [0.3, 0.4) is 0 Å².